The molecule has 4 nitrogen and oxygen atoms in total. The van der Waals surface area contributed by atoms with Crippen LogP contribution in [0, 0.1) is 0 Å². The summed E-state index contributed by atoms with van der Waals surface area (Å²) in [7, 11) is 0. The molecule has 0 aliphatic carbocycles. The first kappa shape index (κ1) is 11.6. The maximum Gasteiger partial charge on any atom is 0.192 e. The number of Topliss-reactive ketones (excluding diaryl/α,β-unsaturated/α-hetero) is 1. The summed E-state index contributed by atoms with van der Waals surface area (Å²) in [5, 5.41) is 0.775. The molecule has 92 valence electrons. The summed E-state index contributed by atoms with van der Waals surface area (Å²) in [6.45, 7) is 0.240. The van der Waals surface area contributed by atoms with Crippen LogP contribution in [0.3, 0.4) is 0 Å². The summed E-state index contributed by atoms with van der Waals surface area (Å²) in [4.78, 5) is 16.3. The van der Waals surface area contributed by atoms with E-state index < -0.39 is 6.04 Å². The van der Waals surface area contributed by atoms with Gasteiger partial charge in [-0.05, 0) is 12.1 Å². The Morgan fingerprint density at radius 1 is 1.39 bits per heavy atom. The molecule has 1 aliphatic rings. The lowest BCUT2D eigenvalue weighted by atomic mass is 10.0. The van der Waals surface area contributed by atoms with Crippen LogP contribution in [0.1, 0.15) is 16.4 Å². The quantitative estimate of drug-likeness (QED) is 0.808. The minimum atomic E-state index is -0.422. The number of fused-ring (bicyclic) bond motifs is 1. The number of imidazole rings is 1. The maximum absolute atomic E-state index is 12.4. The lowest BCUT2D eigenvalue weighted by molar-refractivity contribution is 0.0841. The van der Waals surface area contributed by atoms with Crippen molar-refractivity contribution < 1.29 is 9.53 Å². The summed E-state index contributed by atoms with van der Waals surface area (Å²) in [5.74, 6) is 0.334. The first-order valence-electron chi connectivity index (χ1n) is 5.30. The Balaban J connectivity index is 2.07. The van der Waals surface area contributed by atoms with Crippen molar-refractivity contribution in [1.29, 1.82) is 0 Å². The van der Waals surface area contributed by atoms with Gasteiger partial charge in [-0.1, -0.05) is 23.2 Å². The fraction of sp³-hybridized carbons (Fsp3) is 0.167. The van der Waals surface area contributed by atoms with Gasteiger partial charge in [-0.3, -0.25) is 4.79 Å². The summed E-state index contributed by atoms with van der Waals surface area (Å²) in [5.41, 5.74) is 0.414. The van der Waals surface area contributed by atoms with Crippen molar-refractivity contribution >= 4 is 29.0 Å². The second-order valence-corrected chi connectivity index (χ2v) is 4.81. The summed E-state index contributed by atoms with van der Waals surface area (Å²) in [6.07, 6.45) is 4.93. The SMILES string of the molecule is O=C1c2cc(Cl)cc(Cl)c2OCC1n1ccnc1. The van der Waals surface area contributed by atoms with E-state index in [1.807, 2.05) is 0 Å². The average Bonchev–Trinajstić information content (AvgIpc) is 2.84. The standard InChI is InChI=1S/C12H8Cl2N2O2/c13-7-3-8-11(17)10(16-2-1-15-6-16)5-18-12(8)9(14)4-7/h1-4,6,10H,5H2. The van der Waals surface area contributed by atoms with Crippen LogP contribution in [0.25, 0.3) is 0 Å². The van der Waals surface area contributed by atoms with E-state index >= 15 is 0 Å². The number of nitrogens with zero attached hydrogens (tertiary/aromatic N) is 2. The van der Waals surface area contributed by atoms with Gasteiger partial charge in [0.1, 0.15) is 18.4 Å². The highest BCUT2D eigenvalue weighted by Gasteiger charge is 2.31. The number of benzene rings is 1. The van der Waals surface area contributed by atoms with Crippen LogP contribution in [0.15, 0.2) is 30.9 Å². The Hall–Kier alpha value is -1.52. The van der Waals surface area contributed by atoms with Gasteiger partial charge in [0.25, 0.3) is 0 Å². The Bertz CT molecular complexity index is 611. The number of carbonyl (C=O) groups is 1. The zero-order valence-electron chi connectivity index (χ0n) is 9.14. The zero-order chi connectivity index (χ0) is 12.7. The first-order valence-corrected chi connectivity index (χ1v) is 6.06. The van der Waals surface area contributed by atoms with Crippen LogP contribution in [0.2, 0.25) is 10.0 Å². The van der Waals surface area contributed by atoms with Crippen LogP contribution in [-0.2, 0) is 0 Å². The molecular formula is C12H8Cl2N2O2. The maximum atomic E-state index is 12.4. The van der Waals surface area contributed by atoms with Gasteiger partial charge in [0.2, 0.25) is 0 Å². The fourth-order valence-electron chi connectivity index (χ4n) is 1.98. The van der Waals surface area contributed by atoms with E-state index in [1.54, 1.807) is 35.4 Å². The van der Waals surface area contributed by atoms with Crippen molar-refractivity contribution in [2.75, 3.05) is 6.61 Å². The van der Waals surface area contributed by atoms with Crippen LogP contribution in [-0.4, -0.2) is 21.9 Å². The van der Waals surface area contributed by atoms with E-state index in [0.717, 1.165) is 0 Å². The molecule has 1 unspecified atom stereocenters. The molecule has 0 saturated carbocycles. The normalized spacial score (nSPS) is 18.3. The molecule has 0 fully saturated rings. The number of carbonyl (C=O) groups excluding carboxylic acids is 1. The van der Waals surface area contributed by atoms with Crippen molar-refractivity contribution in [2.24, 2.45) is 0 Å². The second-order valence-electron chi connectivity index (χ2n) is 3.97. The van der Waals surface area contributed by atoms with E-state index in [1.165, 1.54) is 0 Å². The molecule has 0 amide bonds. The van der Waals surface area contributed by atoms with Crippen molar-refractivity contribution in [2.45, 2.75) is 6.04 Å². The average molecular weight is 283 g/mol. The largest absolute Gasteiger partial charge is 0.489 e. The summed E-state index contributed by atoms with van der Waals surface area (Å²) < 4.78 is 7.26. The molecule has 0 N–H and O–H groups in total. The molecule has 0 radical (unpaired) electrons. The van der Waals surface area contributed by atoms with E-state index in [4.69, 9.17) is 27.9 Å². The van der Waals surface area contributed by atoms with E-state index in [0.29, 0.717) is 21.4 Å². The van der Waals surface area contributed by atoms with Gasteiger partial charge >= 0.3 is 0 Å². The molecule has 1 aliphatic heterocycles. The first-order chi connectivity index (χ1) is 8.66. The van der Waals surface area contributed by atoms with Gasteiger partial charge in [0.15, 0.2) is 5.78 Å². The Morgan fingerprint density at radius 2 is 2.22 bits per heavy atom. The molecular weight excluding hydrogens is 275 g/mol. The lowest BCUT2D eigenvalue weighted by Gasteiger charge is -2.25. The highest BCUT2D eigenvalue weighted by molar-refractivity contribution is 6.36. The number of hydrogen-bond donors (Lipinski definition) is 0. The number of halogens is 2. The fourth-order valence-corrected chi connectivity index (χ4v) is 2.53. The third-order valence-electron chi connectivity index (χ3n) is 2.85. The minimum absolute atomic E-state index is 0.0707. The third kappa shape index (κ3) is 1.78. The van der Waals surface area contributed by atoms with Crippen molar-refractivity contribution in [3.05, 3.63) is 46.5 Å². The number of rotatable bonds is 1. The molecule has 0 saturated heterocycles. The van der Waals surface area contributed by atoms with Crippen molar-refractivity contribution in [3.63, 3.8) is 0 Å². The Labute approximate surface area is 113 Å². The lowest BCUT2D eigenvalue weighted by Crippen LogP contribution is -2.30. The summed E-state index contributed by atoms with van der Waals surface area (Å²) in [6, 6.07) is 2.72. The molecule has 18 heavy (non-hydrogen) atoms. The van der Waals surface area contributed by atoms with E-state index in [9.17, 15) is 4.79 Å². The Morgan fingerprint density at radius 3 is 2.94 bits per heavy atom. The molecule has 2 aromatic rings. The molecule has 1 aromatic carbocycles. The zero-order valence-corrected chi connectivity index (χ0v) is 10.6. The monoisotopic (exact) mass is 282 g/mol. The Kier molecular flexibility index (Phi) is 2.76. The smallest absolute Gasteiger partial charge is 0.192 e. The van der Waals surface area contributed by atoms with Gasteiger partial charge in [0.05, 0.1) is 16.9 Å². The number of hydrogen-bond acceptors (Lipinski definition) is 3. The van der Waals surface area contributed by atoms with Crippen molar-refractivity contribution in [1.82, 2.24) is 9.55 Å². The van der Waals surface area contributed by atoms with Crippen LogP contribution >= 0.6 is 23.2 Å². The molecule has 2 heterocycles. The van der Waals surface area contributed by atoms with E-state index in [-0.39, 0.29) is 12.4 Å². The van der Waals surface area contributed by atoms with Gasteiger partial charge < -0.3 is 9.30 Å². The van der Waals surface area contributed by atoms with Gasteiger partial charge in [0, 0.05) is 17.4 Å². The highest BCUT2D eigenvalue weighted by atomic mass is 35.5. The van der Waals surface area contributed by atoms with Gasteiger partial charge in [-0.15, -0.1) is 0 Å². The number of ether oxygens (including phenoxy) is 1. The van der Waals surface area contributed by atoms with Gasteiger partial charge in [-0.25, -0.2) is 4.98 Å². The molecule has 1 aromatic heterocycles. The molecule has 6 heteroatoms. The highest BCUT2D eigenvalue weighted by Crippen LogP contribution is 2.37. The van der Waals surface area contributed by atoms with Crippen LogP contribution in [0.4, 0.5) is 0 Å². The summed E-state index contributed by atoms with van der Waals surface area (Å²) >= 11 is 11.9. The molecule has 0 spiro atoms. The predicted molar refractivity (Wildman–Crippen MR) is 67.6 cm³/mol. The topological polar surface area (TPSA) is 44.1 Å². The molecule has 3 rings (SSSR count). The molecule has 1 atom stereocenters. The van der Waals surface area contributed by atoms with Crippen LogP contribution < -0.4 is 4.74 Å². The van der Waals surface area contributed by atoms with E-state index in [2.05, 4.69) is 4.98 Å². The molecule has 0 bridgehead atoms. The predicted octanol–water partition coefficient (Wildman–Crippen LogP) is 3.01. The third-order valence-corrected chi connectivity index (χ3v) is 3.35. The second kappa shape index (κ2) is 4.30. The number of ketones is 1. The minimum Gasteiger partial charge on any atom is -0.489 e. The number of aromatic nitrogens is 2. The van der Waals surface area contributed by atoms with Gasteiger partial charge in [-0.2, -0.15) is 0 Å². The van der Waals surface area contributed by atoms with Crippen molar-refractivity contribution in [3.8, 4) is 5.75 Å². The van der Waals surface area contributed by atoms with Crippen LogP contribution in [0.5, 0.6) is 5.75 Å².